The van der Waals surface area contributed by atoms with Crippen LogP contribution in [0.25, 0.3) is 0 Å². The highest BCUT2D eigenvalue weighted by Crippen LogP contribution is 2.35. The SMILES string of the molecule is CC(C)CN(C[C@@H](O)[C@H](Cc1ccc(OCCNC(=O)OC(C)(C)C)cc1)NC(=O)Oc1ccoc1)S(=O)(=O)c1ccc2c(c1)OCO2. The minimum absolute atomic E-state index is 0.00602. The second-order valence-electron chi connectivity index (χ2n) is 12.5. The van der Waals surface area contributed by atoms with E-state index >= 15 is 0 Å². The fraction of sp³-hybridized carbons (Fsp3) is 0.455. The number of carbonyl (C=O) groups is 2. The highest BCUT2D eigenvalue weighted by Gasteiger charge is 2.33. The van der Waals surface area contributed by atoms with E-state index in [4.69, 9.17) is 28.1 Å². The van der Waals surface area contributed by atoms with E-state index < -0.39 is 40.0 Å². The molecule has 3 N–H and O–H groups in total. The van der Waals surface area contributed by atoms with Crippen molar-refractivity contribution in [3.8, 4) is 23.0 Å². The number of fused-ring (bicyclic) bond motifs is 1. The van der Waals surface area contributed by atoms with Crippen molar-refractivity contribution in [2.45, 2.75) is 63.7 Å². The number of hydrogen-bond acceptors (Lipinski definition) is 11. The molecule has 262 valence electrons. The fourth-order valence-corrected chi connectivity index (χ4v) is 6.33. The minimum Gasteiger partial charge on any atom is -0.492 e. The van der Waals surface area contributed by atoms with Gasteiger partial charge in [0.05, 0.1) is 29.8 Å². The molecule has 1 aliphatic rings. The van der Waals surface area contributed by atoms with E-state index in [9.17, 15) is 23.1 Å². The molecule has 0 aliphatic carbocycles. The summed E-state index contributed by atoms with van der Waals surface area (Å²) in [6.07, 6.45) is -0.0277. The number of rotatable bonds is 15. The molecule has 4 rings (SSSR count). The summed E-state index contributed by atoms with van der Waals surface area (Å²) in [4.78, 5) is 24.6. The summed E-state index contributed by atoms with van der Waals surface area (Å²) in [5.74, 6) is 1.38. The Morgan fingerprint density at radius 3 is 2.38 bits per heavy atom. The lowest BCUT2D eigenvalue weighted by Gasteiger charge is -2.30. The lowest BCUT2D eigenvalue weighted by atomic mass is 10.0. The topological polar surface area (TPSA) is 175 Å². The van der Waals surface area contributed by atoms with Gasteiger partial charge < -0.3 is 43.8 Å². The molecule has 15 heteroatoms. The van der Waals surface area contributed by atoms with E-state index in [0.29, 0.717) is 17.2 Å². The number of alkyl carbamates (subject to hydrolysis) is 1. The number of ether oxygens (including phenoxy) is 5. The van der Waals surface area contributed by atoms with Crippen molar-refractivity contribution < 1.29 is 51.2 Å². The smallest absolute Gasteiger partial charge is 0.413 e. The zero-order valence-corrected chi connectivity index (χ0v) is 28.4. The van der Waals surface area contributed by atoms with Gasteiger partial charge in [0.15, 0.2) is 17.2 Å². The first-order valence-corrected chi connectivity index (χ1v) is 16.9. The molecule has 1 aliphatic heterocycles. The molecule has 0 saturated carbocycles. The Labute approximate surface area is 280 Å². The van der Waals surface area contributed by atoms with Crippen LogP contribution in [0.3, 0.4) is 0 Å². The number of benzene rings is 2. The Balaban J connectivity index is 1.45. The predicted molar refractivity (Wildman–Crippen MR) is 174 cm³/mol. The first-order valence-electron chi connectivity index (χ1n) is 15.5. The van der Waals surface area contributed by atoms with Crippen LogP contribution in [0, 0.1) is 5.92 Å². The van der Waals surface area contributed by atoms with E-state index in [2.05, 4.69) is 10.6 Å². The van der Waals surface area contributed by atoms with Gasteiger partial charge in [0.1, 0.15) is 24.2 Å². The third-order valence-corrected chi connectivity index (χ3v) is 8.66. The minimum atomic E-state index is -4.09. The van der Waals surface area contributed by atoms with Crippen LogP contribution in [0.5, 0.6) is 23.0 Å². The van der Waals surface area contributed by atoms with Crippen LogP contribution in [-0.2, 0) is 21.2 Å². The van der Waals surface area contributed by atoms with Crippen LogP contribution in [-0.4, -0.2) is 80.8 Å². The average Bonchev–Trinajstić information content (AvgIpc) is 3.70. The van der Waals surface area contributed by atoms with Gasteiger partial charge in [0.25, 0.3) is 0 Å². The lowest BCUT2D eigenvalue weighted by Crippen LogP contribution is -2.51. The standard InChI is InChI=1S/C33H43N3O11S/c1-22(2)18-36(48(40,41)26-10-11-29-30(17-26)45-21-44-29)19-28(37)27(35-32(39)46-25-12-14-42-20-25)16-23-6-8-24(9-7-23)43-15-13-34-31(38)47-33(3,4)5/h6-12,14,17,20,22,27-28,37H,13,15-16,18-19,21H2,1-5H3,(H,34,38)(H,35,39)/t27-,28+/m0/s1. The van der Waals surface area contributed by atoms with E-state index in [1.807, 2.05) is 13.8 Å². The van der Waals surface area contributed by atoms with E-state index in [0.717, 1.165) is 5.56 Å². The van der Waals surface area contributed by atoms with E-state index in [1.54, 1.807) is 45.0 Å². The normalized spacial score (nSPS) is 14.0. The Bertz CT molecular complexity index is 1600. The molecule has 48 heavy (non-hydrogen) atoms. The molecule has 2 heterocycles. The van der Waals surface area contributed by atoms with Crippen molar-refractivity contribution in [3.05, 3.63) is 66.6 Å². The van der Waals surface area contributed by atoms with Crippen molar-refractivity contribution in [1.29, 1.82) is 0 Å². The molecule has 0 unspecified atom stereocenters. The van der Waals surface area contributed by atoms with Crippen molar-refractivity contribution in [2.75, 3.05) is 33.0 Å². The van der Waals surface area contributed by atoms with Gasteiger partial charge in [-0.1, -0.05) is 26.0 Å². The van der Waals surface area contributed by atoms with Crippen molar-refractivity contribution in [2.24, 2.45) is 5.92 Å². The van der Waals surface area contributed by atoms with Crippen LogP contribution in [0.2, 0.25) is 0 Å². The summed E-state index contributed by atoms with van der Waals surface area (Å²) in [6, 6.07) is 11.8. The number of nitrogens with zero attached hydrogens (tertiary/aromatic N) is 1. The van der Waals surface area contributed by atoms with Crippen molar-refractivity contribution in [1.82, 2.24) is 14.9 Å². The molecule has 2 amide bonds. The summed E-state index contributed by atoms with van der Waals surface area (Å²) in [7, 11) is -4.09. The van der Waals surface area contributed by atoms with Gasteiger partial charge in [-0.05, 0) is 62.9 Å². The summed E-state index contributed by atoms with van der Waals surface area (Å²) in [5.41, 5.74) is 0.112. The maximum Gasteiger partial charge on any atom is 0.413 e. The third-order valence-electron chi connectivity index (χ3n) is 6.83. The van der Waals surface area contributed by atoms with Gasteiger partial charge in [0, 0.05) is 25.2 Å². The monoisotopic (exact) mass is 689 g/mol. The molecule has 0 saturated heterocycles. The molecule has 0 radical (unpaired) electrons. The van der Waals surface area contributed by atoms with Crippen molar-refractivity contribution >= 4 is 22.2 Å². The maximum absolute atomic E-state index is 13.8. The third kappa shape index (κ3) is 10.8. The lowest BCUT2D eigenvalue weighted by molar-refractivity contribution is 0.0520. The fourth-order valence-electron chi connectivity index (χ4n) is 4.69. The maximum atomic E-state index is 13.8. The first kappa shape index (κ1) is 36.4. The highest BCUT2D eigenvalue weighted by molar-refractivity contribution is 7.89. The number of sulfonamides is 1. The van der Waals surface area contributed by atoms with Gasteiger partial charge in [-0.25, -0.2) is 18.0 Å². The Hall–Kier alpha value is -4.47. The largest absolute Gasteiger partial charge is 0.492 e. The molecule has 14 nitrogen and oxygen atoms in total. The number of aliphatic hydroxyl groups excluding tert-OH is 1. The zero-order valence-electron chi connectivity index (χ0n) is 27.6. The molecule has 3 aromatic rings. The molecular weight excluding hydrogens is 646 g/mol. The molecule has 1 aromatic heterocycles. The molecule has 0 fully saturated rings. The van der Waals surface area contributed by atoms with Gasteiger partial charge >= 0.3 is 12.2 Å². The second-order valence-corrected chi connectivity index (χ2v) is 14.5. The second kappa shape index (κ2) is 16.1. The summed E-state index contributed by atoms with van der Waals surface area (Å²) in [5, 5.41) is 16.8. The zero-order chi connectivity index (χ0) is 34.9. The van der Waals surface area contributed by atoms with Crippen molar-refractivity contribution in [3.63, 3.8) is 0 Å². The van der Waals surface area contributed by atoms with Crippen LogP contribution in [0.15, 0.2) is 70.4 Å². The Kier molecular flexibility index (Phi) is 12.2. The average molecular weight is 690 g/mol. The quantitative estimate of drug-likeness (QED) is 0.194. The number of hydrogen-bond donors (Lipinski definition) is 3. The number of furan rings is 1. The number of nitrogens with one attached hydrogen (secondary N) is 2. The predicted octanol–water partition coefficient (Wildman–Crippen LogP) is 4.32. The summed E-state index contributed by atoms with van der Waals surface area (Å²) in [6.45, 7) is 9.26. The molecule has 0 spiro atoms. The number of carbonyl (C=O) groups excluding carboxylic acids is 2. The van der Waals surface area contributed by atoms with Crippen LogP contribution in [0.1, 0.15) is 40.2 Å². The Morgan fingerprint density at radius 2 is 1.71 bits per heavy atom. The van der Waals surface area contributed by atoms with Gasteiger partial charge in [-0.15, -0.1) is 0 Å². The molecule has 2 aromatic carbocycles. The van der Waals surface area contributed by atoms with Crippen LogP contribution >= 0.6 is 0 Å². The highest BCUT2D eigenvalue weighted by atomic mass is 32.2. The molecule has 0 bridgehead atoms. The first-order chi connectivity index (χ1) is 22.7. The number of amides is 2. The summed E-state index contributed by atoms with van der Waals surface area (Å²) < 4.78 is 60.6. The number of aliphatic hydroxyl groups is 1. The van der Waals surface area contributed by atoms with Gasteiger partial charge in [-0.3, -0.25) is 0 Å². The Morgan fingerprint density at radius 1 is 0.979 bits per heavy atom. The molecular formula is C33H43N3O11S. The van der Waals surface area contributed by atoms with Gasteiger partial charge in [-0.2, -0.15) is 4.31 Å². The molecule has 2 atom stereocenters. The van der Waals surface area contributed by atoms with E-state index in [-0.39, 0.29) is 56.0 Å². The van der Waals surface area contributed by atoms with Crippen LogP contribution < -0.4 is 29.6 Å². The summed E-state index contributed by atoms with van der Waals surface area (Å²) >= 11 is 0. The van der Waals surface area contributed by atoms with E-state index in [1.165, 1.54) is 41.1 Å². The van der Waals surface area contributed by atoms with Gasteiger partial charge in [0.2, 0.25) is 16.8 Å². The van der Waals surface area contributed by atoms with Crippen LogP contribution in [0.4, 0.5) is 9.59 Å².